The van der Waals surface area contributed by atoms with Crippen LogP contribution in [0.25, 0.3) is 0 Å². The van der Waals surface area contributed by atoms with Crippen LogP contribution in [0.4, 0.5) is 5.69 Å². The molecular weight excluding hydrogens is 354 g/mol. The summed E-state index contributed by atoms with van der Waals surface area (Å²) in [5, 5.41) is 9.16. The Balaban J connectivity index is 1.80. The number of aliphatic carboxylic acids is 1. The Morgan fingerprint density at radius 2 is 1.64 bits per heavy atom. The second-order valence-corrected chi connectivity index (χ2v) is 8.39. The number of anilines is 1. The quantitative estimate of drug-likeness (QED) is 0.847. The molecule has 6 heteroatoms. The van der Waals surface area contributed by atoms with Gasteiger partial charge in [-0.1, -0.05) is 30.3 Å². The highest BCUT2D eigenvalue weighted by molar-refractivity contribution is 8.16. The van der Waals surface area contributed by atoms with E-state index in [2.05, 4.69) is 0 Å². The summed E-state index contributed by atoms with van der Waals surface area (Å²) in [6.07, 6.45) is 1.24. The van der Waals surface area contributed by atoms with E-state index < -0.39 is 5.97 Å². The Hall–Kier alpha value is -1.92. The Kier molecular flexibility index (Phi) is 6.04. The van der Waals surface area contributed by atoms with Gasteiger partial charge in [0.15, 0.2) is 0 Å². The monoisotopic (exact) mass is 373 g/mol. The summed E-state index contributed by atoms with van der Waals surface area (Å²) in [5.74, 6) is 0.991. The Bertz CT molecular complexity index is 728. The average Bonchev–Trinajstić information content (AvgIpc) is 2.67. The minimum Gasteiger partial charge on any atom is -0.480 e. The molecule has 4 nitrogen and oxygen atoms in total. The number of carboxylic acids is 1. The van der Waals surface area contributed by atoms with E-state index in [0.29, 0.717) is 15.8 Å². The van der Waals surface area contributed by atoms with Gasteiger partial charge in [0.05, 0.1) is 4.58 Å². The molecule has 0 unspecified atom stereocenters. The molecule has 0 aliphatic carbocycles. The smallest absolute Gasteiger partial charge is 0.323 e. The van der Waals surface area contributed by atoms with Crippen LogP contribution in [0.2, 0.25) is 0 Å². The molecule has 1 saturated heterocycles. The molecule has 0 radical (unpaired) electrons. The van der Waals surface area contributed by atoms with E-state index in [4.69, 9.17) is 5.11 Å². The number of thioether (sulfide) groups is 2. The number of hydrogen-bond acceptors (Lipinski definition) is 4. The van der Waals surface area contributed by atoms with Gasteiger partial charge in [-0.25, -0.2) is 0 Å². The van der Waals surface area contributed by atoms with Crippen molar-refractivity contribution in [3.05, 3.63) is 65.7 Å². The normalized spacial score (nSPS) is 14.9. The summed E-state index contributed by atoms with van der Waals surface area (Å²) in [4.78, 5) is 25.3. The van der Waals surface area contributed by atoms with E-state index in [0.717, 1.165) is 0 Å². The zero-order valence-electron chi connectivity index (χ0n) is 13.6. The molecule has 25 heavy (non-hydrogen) atoms. The number of para-hydroxylation sites is 1. The molecule has 1 fully saturated rings. The highest BCUT2D eigenvalue weighted by atomic mass is 32.2. The van der Waals surface area contributed by atoms with Crippen LogP contribution in [0.5, 0.6) is 0 Å². The van der Waals surface area contributed by atoms with Crippen molar-refractivity contribution >= 4 is 41.1 Å². The average molecular weight is 373 g/mol. The van der Waals surface area contributed by atoms with Gasteiger partial charge >= 0.3 is 5.97 Å². The first-order chi connectivity index (χ1) is 12.1. The minimum absolute atomic E-state index is 0.302. The first kappa shape index (κ1) is 17.9. The van der Waals surface area contributed by atoms with Crippen LogP contribution in [0, 0.1) is 0 Å². The van der Waals surface area contributed by atoms with Crippen molar-refractivity contribution in [2.45, 2.75) is 11.0 Å². The van der Waals surface area contributed by atoms with Crippen LogP contribution in [-0.2, 0) is 4.79 Å². The van der Waals surface area contributed by atoms with E-state index in [9.17, 15) is 9.59 Å². The third-order valence-electron chi connectivity index (χ3n) is 3.86. The van der Waals surface area contributed by atoms with E-state index >= 15 is 0 Å². The summed E-state index contributed by atoms with van der Waals surface area (Å²) in [6.45, 7) is -0.362. The SMILES string of the molecule is O=C(O)CN(C(=O)c1ccc(C2SCCCS2)cc1)c1ccccc1. The fourth-order valence-corrected chi connectivity index (χ4v) is 5.54. The number of carbonyl (C=O) groups is 2. The van der Waals surface area contributed by atoms with Gasteiger partial charge in [0.2, 0.25) is 0 Å². The molecule has 1 amide bonds. The van der Waals surface area contributed by atoms with Crippen molar-refractivity contribution < 1.29 is 14.7 Å². The van der Waals surface area contributed by atoms with Crippen LogP contribution in [0.3, 0.4) is 0 Å². The molecule has 2 aromatic carbocycles. The fraction of sp³-hybridized carbons (Fsp3) is 0.263. The summed E-state index contributed by atoms with van der Waals surface area (Å²) < 4.78 is 0.419. The van der Waals surface area contributed by atoms with Gasteiger partial charge in [0.25, 0.3) is 5.91 Å². The predicted molar refractivity (Wildman–Crippen MR) is 104 cm³/mol. The number of hydrogen-bond donors (Lipinski definition) is 1. The lowest BCUT2D eigenvalue weighted by Crippen LogP contribution is -2.35. The summed E-state index contributed by atoms with van der Waals surface area (Å²) in [5.41, 5.74) is 2.28. The number of nitrogens with zero attached hydrogens (tertiary/aromatic N) is 1. The molecule has 2 aromatic rings. The lowest BCUT2D eigenvalue weighted by Gasteiger charge is -2.23. The van der Waals surface area contributed by atoms with Gasteiger partial charge in [-0.2, -0.15) is 0 Å². The van der Waals surface area contributed by atoms with Gasteiger partial charge in [-0.05, 0) is 47.8 Å². The Morgan fingerprint density at radius 1 is 1.00 bits per heavy atom. The van der Waals surface area contributed by atoms with Crippen LogP contribution in [0.1, 0.15) is 26.9 Å². The molecule has 0 atom stereocenters. The van der Waals surface area contributed by atoms with Crippen molar-refractivity contribution in [1.29, 1.82) is 0 Å². The highest BCUT2D eigenvalue weighted by Gasteiger charge is 2.21. The third kappa shape index (κ3) is 4.58. The third-order valence-corrected chi connectivity index (χ3v) is 6.88. The number of carboxylic acid groups (broad SMARTS) is 1. The molecule has 0 aromatic heterocycles. The molecular formula is C19H19NO3S2. The largest absolute Gasteiger partial charge is 0.480 e. The van der Waals surface area contributed by atoms with Crippen LogP contribution >= 0.6 is 23.5 Å². The van der Waals surface area contributed by atoms with Crippen molar-refractivity contribution in [1.82, 2.24) is 0 Å². The number of amides is 1. The molecule has 1 aliphatic rings. The maximum atomic E-state index is 12.8. The predicted octanol–water partition coefficient (Wildman–Crippen LogP) is 4.29. The van der Waals surface area contributed by atoms with Crippen molar-refractivity contribution in [3.8, 4) is 0 Å². The Morgan fingerprint density at radius 3 is 2.24 bits per heavy atom. The molecule has 1 aliphatic heterocycles. The molecule has 0 bridgehead atoms. The minimum atomic E-state index is -1.04. The van der Waals surface area contributed by atoms with Crippen LogP contribution in [-0.4, -0.2) is 35.0 Å². The molecule has 1 heterocycles. The maximum absolute atomic E-state index is 12.8. The van der Waals surface area contributed by atoms with Gasteiger partial charge in [-0.3, -0.25) is 14.5 Å². The molecule has 0 saturated carbocycles. The highest BCUT2D eigenvalue weighted by Crippen LogP contribution is 2.43. The molecule has 3 rings (SSSR count). The van der Waals surface area contributed by atoms with Gasteiger partial charge in [0.1, 0.15) is 6.54 Å². The number of benzene rings is 2. The van der Waals surface area contributed by atoms with Crippen molar-refractivity contribution in [2.75, 3.05) is 23.0 Å². The summed E-state index contributed by atoms with van der Waals surface area (Å²) in [7, 11) is 0. The summed E-state index contributed by atoms with van der Waals surface area (Å²) >= 11 is 3.86. The second-order valence-electron chi connectivity index (χ2n) is 5.67. The lowest BCUT2D eigenvalue weighted by molar-refractivity contribution is -0.135. The van der Waals surface area contributed by atoms with Gasteiger partial charge < -0.3 is 5.11 Å². The summed E-state index contributed by atoms with van der Waals surface area (Å²) in [6, 6.07) is 16.4. The molecule has 130 valence electrons. The topological polar surface area (TPSA) is 57.6 Å². The van der Waals surface area contributed by atoms with Crippen LogP contribution in [0.15, 0.2) is 54.6 Å². The molecule has 0 spiro atoms. The standard InChI is InChI=1S/C19H19NO3S2/c21-17(22)13-20(16-5-2-1-3-6-16)18(23)14-7-9-15(10-8-14)19-24-11-4-12-25-19/h1-3,5-10,19H,4,11-13H2,(H,21,22). The van der Waals surface area contributed by atoms with E-state index in [1.165, 1.54) is 28.4 Å². The maximum Gasteiger partial charge on any atom is 0.323 e. The van der Waals surface area contributed by atoms with Crippen molar-refractivity contribution in [3.63, 3.8) is 0 Å². The zero-order chi connectivity index (χ0) is 17.6. The Labute approximate surface area is 155 Å². The van der Waals surface area contributed by atoms with E-state index in [1.807, 2.05) is 41.7 Å². The van der Waals surface area contributed by atoms with Gasteiger partial charge in [0, 0.05) is 11.3 Å². The number of rotatable bonds is 5. The zero-order valence-corrected chi connectivity index (χ0v) is 15.3. The fourth-order valence-electron chi connectivity index (χ4n) is 2.64. The second kappa shape index (κ2) is 8.45. The number of carbonyl (C=O) groups excluding carboxylic acids is 1. The van der Waals surface area contributed by atoms with E-state index in [-0.39, 0.29) is 12.5 Å². The first-order valence-electron chi connectivity index (χ1n) is 8.07. The van der Waals surface area contributed by atoms with Gasteiger partial charge in [-0.15, -0.1) is 23.5 Å². The first-order valence-corrected chi connectivity index (χ1v) is 10.2. The molecule has 1 N–H and O–H groups in total. The van der Waals surface area contributed by atoms with E-state index in [1.54, 1.807) is 36.4 Å². The van der Waals surface area contributed by atoms with Crippen LogP contribution < -0.4 is 4.90 Å². The van der Waals surface area contributed by atoms with Crippen molar-refractivity contribution in [2.24, 2.45) is 0 Å². The lowest BCUT2D eigenvalue weighted by atomic mass is 10.1.